The number of benzene rings is 1. The second-order valence-corrected chi connectivity index (χ2v) is 3.93. The summed E-state index contributed by atoms with van der Waals surface area (Å²) in [5, 5.41) is 2.88. The SMILES string of the molecule is Cc1cccc(C(=O)NCCN(C)C)c1.[Cl-]. The van der Waals surface area contributed by atoms with Crippen LogP contribution >= 0.6 is 0 Å². The molecule has 1 N–H and O–H groups in total. The first-order chi connectivity index (χ1) is 7.09. The highest BCUT2D eigenvalue weighted by molar-refractivity contribution is 5.94. The molecule has 0 bridgehead atoms. The van der Waals surface area contributed by atoms with Crippen molar-refractivity contribution in [1.82, 2.24) is 10.2 Å². The Morgan fingerprint density at radius 1 is 1.38 bits per heavy atom. The number of carbonyl (C=O) groups excluding carboxylic acids is 1. The molecule has 0 aliphatic carbocycles. The second kappa shape index (κ2) is 7.25. The largest absolute Gasteiger partial charge is 1.00 e. The Morgan fingerprint density at radius 3 is 2.62 bits per heavy atom. The number of halogens is 1. The predicted octanol–water partition coefficient (Wildman–Crippen LogP) is -1.71. The first-order valence-electron chi connectivity index (χ1n) is 5.09. The Labute approximate surface area is 103 Å². The van der Waals surface area contributed by atoms with Gasteiger partial charge in [0.05, 0.1) is 0 Å². The van der Waals surface area contributed by atoms with Gasteiger partial charge < -0.3 is 22.6 Å². The third-order valence-corrected chi connectivity index (χ3v) is 2.12. The maximum absolute atomic E-state index is 11.6. The van der Waals surface area contributed by atoms with E-state index in [-0.39, 0.29) is 18.3 Å². The zero-order valence-electron chi connectivity index (χ0n) is 9.96. The summed E-state index contributed by atoms with van der Waals surface area (Å²) in [7, 11) is 3.97. The van der Waals surface area contributed by atoms with Crippen LogP contribution in [0.1, 0.15) is 15.9 Å². The number of likely N-dealkylation sites (N-methyl/N-ethyl adjacent to an activating group) is 1. The minimum atomic E-state index is 0. The summed E-state index contributed by atoms with van der Waals surface area (Å²) in [4.78, 5) is 13.7. The van der Waals surface area contributed by atoms with Crippen LogP contribution in [0.15, 0.2) is 24.3 Å². The molecule has 90 valence electrons. The molecule has 0 aliphatic heterocycles. The van der Waals surface area contributed by atoms with Crippen molar-refractivity contribution >= 4 is 5.91 Å². The van der Waals surface area contributed by atoms with E-state index in [0.717, 1.165) is 17.7 Å². The fourth-order valence-corrected chi connectivity index (χ4v) is 1.28. The number of carbonyl (C=O) groups is 1. The molecule has 3 nitrogen and oxygen atoms in total. The van der Waals surface area contributed by atoms with Crippen molar-refractivity contribution in [3.63, 3.8) is 0 Å². The zero-order chi connectivity index (χ0) is 11.3. The molecule has 0 aromatic heterocycles. The van der Waals surface area contributed by atoms with Crippen LogP contribution in [0.5, 0.6) is 0 Å². The summed E-state index contributed by atoms with van der Waals surface area (Å²) < 4.78 is 0. The van der Waals surface area contributed by atoms with Crippen LogP contribution in [-0.4, -0.2) is 38.0 Å². The van der Waals surface area contributed by atoms with Crippen LogP contribution in [0.4, 0.5) is 0 Å². The van der Waals surface area contributed by atoms with E-state index < -0.39 is 0 Å². The van der Waals surface area contributed by atoms with Crippen LogP contribution in [0, 0.1) is 6.92 Å². The van der Waals surface area contributed by atoms with Crippen molar-refractivity contribution in [3.05, 3.63) is 35.4 Å². The van der Waals surface area contributed by atoms with Crippen LogP contribution in [-0.2, 0) is 0 Å². The van der Waals surface area contributed by atoms with Crippen LogP contribution in [0.25, 0.3) is 0 Å². The molecule has 1 amide bonds. The second-order valence-electron chi connectivity index (χ2n) is 3.93. The number of hydrogen-bond acceptors (Lipinski definition) is 2. The van der Waals surface area contributed by atoms with Crippen LogP contribution < -0.4 is 17.7 Å². The van der Waals surface area contributed by atoms with Gasteiger partial charge in [0, 0.05) is 18.7 Å². The number of amides is 1. The Bertz CT molecular complexity index is 340. The van der Waals surface area contributed by atoms with Gasteiger partial charge in [-0.2, -0.15) is 0 Å². The van der Waals surface area contributed by atoms with Gasteiger partial charge >= 0.3 is 0 Å². The normalized spacial score (nSPS) is 9.75. The van der Waals surface area contributed by atoms with Gasteiger partial charge in [0.1, 0.15) is 0 Å². The van der Waals surface area contributed by atoms with Gasteiger partial charge in [-0.05, 0) is 33.2 Å². The van der Waals surface area contributed by atoms with Crippen molar-refractivity contribution in [2.75, 3.05) is 27.2 Å². The van der Waals surface area contributed by atoms with E-state index in [1.165, 1.54) is 0 Å². The molecule has 16 heavy (non-hydrogen) atoms. The summed E-state index contributed by atoms with van der Waals surface area (Å²) >= 11 is 0. The van der Waals surface area contributed by atoms with Crippen molar-refractivity contribution in [3.8, 4) is 0 Å². The molecule has 1 aromatic carbocycles. The highest BCUT2D eigenvalue weighted by atomic mass is 35.5. The Morgan fingerprint density at radius 2 is 2.06 bits per heavy atom. The quantitative estimate of drug-likeness (QED) is 0.681. The highest BCUT2D eigenvalue weighted by Crippen LogP contribution is 2.03. The van der Waals surface area contributed by atoms with E-state index in [0.29, 0.717) is 6.54 Å². The predicted molar refractivity (Wildman–Crippen MR) is 62.1 cm³/mol. The number of aryl methyl sites for hydroxylation is 1. The molecule has 1 rings (SSSR count). The molecular weight excluding hydrogens is 224 g/mol. The Hall–Kier alpha value is -1.06. The molecule has 0 spiro atoms. The molecule has 0 saturated heterocycles. The van der Waals surface area contributed by atoms with Crippen molar-refractivity contribution < 1.29 is 17.2 Å². The lowest BCUT2D eigenvalue weighted by atomic mass is 10.1. The Balaban J connectivity index is 0.00000225. The average Bonchev–Trinajstić information content (AvgIpc) is 2.17. The van der Waals surface area contributed by atoms with E-state index in [1.54, 1.807) is 0 Å². The van der Waals surface area contributed by atoms with Gasteiger partial charge in [-0.25, -0.2) is 0 Å². The summed E-state index contributed by atoms with van der Waals surface area (Å²) in [6.07, 6.45) is 0. The van der Waals surface area contributed by atoms with E-state index in [1.807, 2.05) is 50.2 Å². The summed E-state index contributed by atoms with van der Waals surface area (Å²) in [5.41, 5.74) is 1.84. The average molecular weight is 242 g/mol. The van der Waals surface area contributed by atoms with Gasteiger partial charge in [-0.1, -0.05) is 17.7 Å². The van der Waals surface area contributed by atoms with Crippen molar-refractivity contribution in [1.29, 1.82) is 0 Å². The molecule has 0 heterocycles. The number of hydrogen-bond donors (Lipinski definition) is 1. The van der Waals surface area contributed by atoms with Gasteiger partial charge in [-0.3, -0.25) is 4.79 Å². The summed E-state index contributed by atoms with van der Waals surface area (Å²) in [5.74, 6) is 0.000509. The first-order valence-corrected chi connectivity index (χ1v) is 5.09. The van der Waals surface area contributed by atoms with Gasteiger partial charge in [0.2, 0.25) is 0 Å². The van der Waals surface area contributed by atoms with Crippen LogP contribution in [0.2, 0.25) is 0 Å². The molecule has 0 fully saturated rings. The molecule has 0 unspecified atom stereocenters. The fraction of sp³-hybridized carbons (Fsp3) is 0.417. The number of rotatable bonds is 4. The lowest BCUT2D eigenvalue weighted by Gasteiger charge is -2.10. The van der Waals surface area contributed by atoms with Crippen molar-refractivity contribution in [2.45, 2.75) is 6.92 Å². The molecule has 1 aromatic rings. The van der Waals surface area contributed by atoms with Gasteiger partial charge in [-0.15, -0.1) is 0 Å². The summed E-state index contributed by atoms with van der Waals surface area (Å²) in [6, 6.07) is 7.61. The standard InChI is InChI=1S/C12H18N2O.ClH/c1-10-5-4-6-11(9-10)12(15)13-7-8-14(2)3;/h4-6,9H,7-8H2,1-3H3,(H,13,15);1H/p-1. The molecule has 4 heteroatoms. The zero-order valence-corrected chi connectivity index (χ0v) is 10.7. The number of nitrogens with one attached hydrogen (secondary N) is 1. The molecule has 0 saturated carbocycles. The lowest BCUT2D eigenvalue weighted by molar-refractivity contribution is -0.0000117. The van der Waals surface area contributed by atoms with Gasteiger partial charge in [0.15, 0.2) is 0 Å². The highest BCUT2D eigenvalue weighted by Gasteiger charge is 2.03. The maximum atomic E-state index is 11.6. The fourth-order valence-electron chi connectivity index (χ4n) is 1.28. The third kappa shape index (κ3) is 5.14. The third-order valence-electron chi connectivity index (χ3n) is 2.12. The van der Waals surface area contributed by atoms with Gasteiger partial charge in [0.25, 0.3) is 5.91 Å². The smallest absolute Gasteiger partial charge is 0.251 e. The molecular formula is C12H18ClN2O-. The Kier molecular flexibility index (Phi) is 6.77. The molecule has 0 radical (unpaired) electrons. The number of nitrogens with zero attached hydrogens (tertiary/aromatic N) is 1. The van der Waals surface area contributed by atoms with Crippen molar-refractivity contribution in [2.24, 2.45) is 0 Å². The monoisotopic (exact) mass is 241 g/mol. The minimum Gasteiger partial charge on any atom is -1.00 e. The van der Waals surface area contributed by atoms with E-state index in [9.17, 15) is 4.79 Å². The van der Waals surface area contributed by atoms with E-state index in [4.69, 9.17) is 0 Å². The molecule has 0 atom stereocenters. The minimum absolute atomic E-state index is 0. The topological polar surface area (TPSA) is 32.3 Å². The lowest BCUT2D eigenvalue weighted by Crippen LogP contribution is -3.00. The van der Waals surface area contributed by atoms with Crippen LogP contribution in [0.3, 0.4) is 0 Å². The molecule has 0 aliphatic rings. The first kappa shape index (κ1) is 14.9. The van der Waals surface area contributed by atoms with E-state index in [2.05, 4.69) is 5.32 Å². The maximum Gasteiger partial charge on any atom is 0.251 e. The van der Waals surface area contributed by atoms with E-state index >= 15 is 0 Å². The summed E-state index contributed by atoms with van der Waals surface area (Å²) in [6.45, 7) is 3.52.